The van der Waals surface area contributed by atoms with Gasteiger partial charge in [-0.25, -0.2) is 0 Å². The number of halogens is 1. The van der Waals surface area contributed by atoms with Gasteiger partial charge in [0.15, 0.2) is 17.3 Å². The third-order valence-corrected chi connectivity index (χ3v) is 3.36. The average molecular weight is 281 g/mol. The van der Waals surface area contributed by atoms with E-state index in [1.165, 1.54) is 12.3 Å². The second-order valence-electron chi connectivity index (χ2n) is 4.48. The zero-order valence-electron chi connectivity index (χ0n) is 10.2. The monoisotopic (exact) mass is 280 g/mol. The molecule has 1 aromatic carbocycles. The number of carbonyl (C=O) groups is 1. The van der Waals surface area contributed by atoms with E-state index in [1.807, 2.05) is 6.07 Å². The maximum absolute atomic E-state index is 11.4. The van der Waals surface area contributed by atoms with E-state index in [-0.39, 0.29) is 11.9 Å². The van der Waals surface area contributed by atoms with E-state index in [1.54, 1.807) is 6.07 Å². The number of hydrogen-bond donors (Lipinski definition) is 0. The van der Waals surface area contributed by atoms with Gasteiger partial charge in [-0.15, -0.1) is 0 Å². The number of ketones is 1. The summed E-state index contributed by atoms with van der Waals surface area (Å²) < 4.78 is 16.6. The first-order valence-electron chi connectivity index (χ1n) is 6.18. The van der Waals surface area contributed by atoms with Crippen LogP contribution < -0.4 is 9.47 Å². The highest BCUT2D eigenvalue weighted by molar-refractivity contribution is 6.32. The third kappa shape index (κ3) is 2.54. The third-order valence-electron chi connectivity index (χ3n) is 3.08. The first-order chi connectivity index (χ1) is 9.24. The topological polar surface area (TPSA) is 44.8 Å². The van der Waals surface area contributed by atoms with Crippen molar-refractivity contribution in [1.29, 1.82) is 0 Å². The van der Waals surface area contributed by atoms with Gasteiger partial charge in [0.05, 0.1) is 30.9 Å². The molecule has 0 aromatic heterocycles. The number of rotatable bonds is 1. The summed E-state index contributed by atoms with van der Waals surface area (Å²) in [6.07, 6.45) is 3.68. The van der Waals surface area contributed by atoms with Crippen LogP contribution in [0.4, 0.5) is 0 Å². The highest BCUT2D eigenvalue weighted by atomic mass is 35.5. The molecule has 19 heavy (non-hydrogen) atoms. The highest BCUT2D eigenvalue weighted by Gasteiger charge is 2.23. The van der Waals surface area contributed by atoms with Gasteiger partial charge in [-0.3, -0.25) is 4.79 Å². The average Bonchev–Trinajstić information content (AvgIpc) is 2.64. The van der Waals surface area contributed by atoms with Crippen molar-refractivity contribution < 1.29 is 19.0 Å². The SMILES string of the molecule is O=C1C=COC(c2cc(Cl)c3c(c2)OCCCO3)C1. The molecule has 1 aromatic rings. The molecular weight excluding hydrogens is 268 g/mol. The standard InChI is InChI=1S/C14H13ClO4/c15-11-6-9(12-8-10(16)2-5-18-12)7-13-14(11)19-4-1-3-17-13/h2,5-7,12H,1,3-4,8H2. The van der Waals surface area contributed by atoms with Crippen molar-refractivity contribution in [2.75, 3.05) is 13.2 Å². The second-order valence-corrected chi connectivity index (χ2v) is 4.89. The van der Waals surface area contributed by atoms with Crippen molar-refractivity contribution in [3.05, 3.63) is 35.1 Å². The van der Waals surface area contributed by atoms with E-state index in [2.05, 4.69) is 0 Å². The molecule has 5 heteroatoms. The Morgan fingerprint density at radius 3 is 2.89 bits per heavy atom. The highest BCUT2D eigenvalue weighted by Crippen LogP contribution is 2.40. The molecule has 0 bridgehead atoms. The minimum atomic E-state index is -0.313. The van der Waals surface area contributed by atoms with Gasteiger partial charge in [-0.2, -0.15) is 0 Å². The summed E-state index contributed by atoms with van der Waals surface area (Å²) in [5.41, 5.74) is 0.826. The molecule has 0 radical (unpaired) electrons. The van der Waals surface area contributed by atoms with Crippen LogP contribution in [0.5, 0.6) is 11.5 Å². The number of carbonyl (C=O) groups excluding carboxylic acids is 1. The molecule has 100 valence electrons. The normalized spacial score (nSPS) is 21.7. The summed E-state index contributed by atoms with van der Waals surface area (Å²) in [5.74, 6) is 1.23. The molecule has 1 atom stereocenters. The second kappa shape index (κ2) is 5.13. The van der Waals surface area contributed by atoms with Crippen molar-refractivity contribution in [2.45, 2.75) is 18.9 Å². The van der Waals surface area contributed by atoms with Gasteiger partial charge in [0.2, 0.25) is 0 Å². The molecule has 0 amide bonds. The number of benzene rings is 1. The molecule has 1 unspecified atom stereocenters. The van der Waals surface area contributed by atoms with Gasteiger partial charge >= 0.3 is 0 Å². The Morgan fingerprint density at radius 1 is 1.21 bits per heavy atom. The Kier molecular flexibility index (Phi) is 3.34. The Balaban J connectivity index is 1.95. The molecule has 4 nitrogen and oxygen atoms in total. The van der Waals surface area contributed by atoms with Crippen LogP contribution in [0.2, 0.25) is 5.02 Å². The molecular formula is C14H13ClO4. The van der Waals surface area contributed by atoms with Crippen molar-refractivity contribution in [2.24, 2.45) is 0 Å². The van der Waals surface area contributed by atoms with Crippen LogP contribution in [0.15, 0.2) is 24.5 Å². The van der Waals surface area contributed by atoms with Gasteiger partial charge in [-0.1, -0.05) is 11.6 Å². The van der Waals surface area contributed by atoms with Crippen LogP contribution in [-0.4, -0.2) is 19.0 Å². The predicted molar refractivity (Wildman–Crippen MR) is 69.6 cm³/mol. The van der Waals surface area contributed by atoms with Crippen LogP contribution in [-0.2, 0) is 9.53 Å². The van der Waals surface area contributed by atoms with Gasteiger partial charge < -0.3 is 14.2 Å². The summed E-state index contributed by atoms with van der Waals surface area (Å²) in [4.78, 5) is 11.4. The first kappa shape index (κ1) is 12.4. The van der Waals surface area contributed by atoms with Crippen LogP contribution in [0.25, 0.3) is 0 Å². The summed E-state index contributed by atoms with van der Waals surface area (Å²) >= 11 is 6.21. The molecule has 2 heterocycles. The smallest absolute Gasteiger partial charge is 0.179 e. The van der Waals surface area contributed by atoms with Gasteiger partial charge in [0.1, 0.15) is 6.10 Å². The van der Waals surface area contributed by atoms with E-state index in [9.17, 15) is 4.79 Å². The predicted octanol–water partition coefficient (Wildman–Crippen LogP) is 3.05. The van der Waals surface area contributed by atoms with Gasteiger partial charge in [-0.05, 0) is 17.7 Å². The largest absolute Gasteiger partial charge is 0.493 e. The van der Waals surface area contributed by atoms with Crippen LogP contribution in [0.3, 0.4) is 0 Å². The maximum Gasteiger partial charge on any atom is 0.179 e. The fourth-order valence-corrected chi connectivity index (χ4v) is 2.42. The zero-order valence-corrected chi connectivity index (χ0v) is 11.0. The molecule has 2 aliphatic heterocycles. The molecule has 0 aliphatic carbocycles. The Morgan fingerprint density at radius 2 is 2.05 bits per heavy atom. The fourth-order valence-electron chi connectivity index (χ4n) is 2.14. The van der Waals surface area contributed by atoms with Crippen molar-refractivity contribution in [1.82, 2.24) is 0 Å². The van der Waals surface area contributed by atoms with Crippen molar-refractivity contribution in [3.63, 3.8) is 0 Å². The molecule has 0 N–H and O–H groups in total. The lowest BCUT2D eigenvalue weighted by atomic mass is 10.0. The van der Waals surface area contributed by atoms with Gasteiger partial charge in [0, 0.05) is 12.5 Å². The van der Waals surface area contributed by atoms with E-state index in [4.69, 9.17) is 25.8 Å². The fraction of sp³-hybridized carbons (Fsp3) is 0.357. The van der Waals surface area contributed by atoms with Gasteiger partial charge in [0.25, 0.3) is 0 Å². The van der Waals surface area contributed by atoms with E-state index in [0.717, 1.165) is 12.0 Å². The number of hydrogen-bond acceptors (Lipinski definition) is 4. The molecule has 0 saturated carbocycles. The van der Waals surface area contributed by atoms with E-state index < -0.39 is 0 Å². The lowest BCUT2D eigenvalue weighted by Crippen LogP contribution is -2.11. The quantitative estimate of drug-likeness (QED) is 0.793. The zero-order chi connectivity index (χ0) is 13.2. The molecule has 2 aliphatic rings. The molecule has 3 rings (SSSR count). The summed E-state index contributed by atoms with van der Waals surface area (Å²) in [6, 6.07) is 3.61. The lowest BCUT2D eigenvalue weighted by molar-refractivity contribution is -0.118. The number of ether oxygens (including phenoxy) is 3. The van der Waals surface area contributed by atoms with E-state index in [0.29, 0.717) is 36.2 Å². The summed E-state index contributed by atoms with van der Waals surface area (Å²) in [6.45, 7) is 1.18. The van der Waals surface area contributed by atoms with Crippen LogP contribution in [0, 0.1) is 0 Å². The minimum absolute atomic E-state index is 0.0412. The minimum Gasteiger partial charge on any atom is -0.493 e. The number of allylic oxidation sites excluding steroid dienone is 1. The lowest BCUT2D eigenvalue weighted by Gasteiger charge is -2.20. The summed E-state index contributed by atoms with van der Waals surface area (Å²) in [5, 5.41) is 0.486. The van der Waals surface area contributed by atoms with Crippen LogP contribution in [0.1, 0.15) is 24.5 Å². The van der Waals surface area contributed by atoms with Crippen molar-refractivity contribution in [3.8, 4) is 11.5 Å². The van der Waals surface area contributed by atoms with E-state index >= 15 is 0 Å². The first-order valence-corrected chi connectivity index (χ1v) is 6.56. The maximum atomic E-state index is 11.4. The Labute approximate surface area is 115 Å². The Bertz CT molecular complexity index is 538. The van der Waals surface area contributed by atoms with Crippen LogP contribution >= 0.6 is 11.6 Å². The number of fused-ring (bicyclic) bond motifs is 1. The molecule has 0 fully saturated rings. The molecule has 0 saturated heterocycles. The summed E-state index contributed by atoms with van der Waals surface area (Å²) in [7, 11) is 0. The van der Waals surface area contributed by atoms with Crippen molar-refractivity contribution >= 4 is 17.4 Å². The molecule has 0 spiro atoms. The Hall–Kier alpha value is -1.68.